The normalized spacial score (nSPS) is 20.8. The van der Waals surface area contributed by atoms with E-state index in [4.69, 9.17) is 6.42 Å². The van der Waals surface area contributed by atoms with Gasteiger partial charge in [0, 0.05) is 67.9 Å². The number of hydrogen-bond donors (Lipinski definition) is 1. The second kappa shape index (κ2) is 11.7. The lowest BCUT2D eigenvalue weighted by atomic mass is 9.78. The highest BCUT2D eigenvalue weighted by Gasteiger charge is 2.44. The Balaban J connectivity index is 1.53. The lowest BCUT2D eigenvalue weighted by Crippen LogP contribution is -2.33. The summed E-state index contributed by atoms with van der Waals surface area (Å²) in [7, 11) is 3.76. The van der Waals surface area contributed by atoms with E-state index in [1.165, 1.54) is 22.5 Å². The highest BCUT2D eigenvalue weighted by Crippen LogP contribution is 2.49. The smallest absolute Gasteiger partial charge is 0.221 e. The highest BCUT2D eigenvalue weighted by atomic mass is 16.1. The molecule has 39 heavy (non-hydrogen) atoms. The monoisotopic (exact) mass is 518 g/mol. The van der Waals surface area contributed by atoms with Gasteiger partial charge in [0.2, 0.25) is 11.6 Å². The molecule has 2 aromatic rings. The van der Waals surface area contributed by atoms with E-state index in [9.17, 15) is 4.79 Å². The van der Waals surface area contributed by atoms with Crippen molar-refractivity contribution in [3.63, 3.8) is 0 Å². The predicted molar refractivity (Wildman–Crippen MR) is 164 cm³/mol. The van der Waals surface area contributed by atoms with E-state index < -0.39 is 0 Å². The summed E-state index contributed by atoms with van der Waals surface area (Å²) in [5.74, 6) is 2.80. The fourth-order valence-electron chi connectivity index (χ4n) is 5.97. The maximum atomic E-state index is 12.4. The molecule has 0 aromatic heterocycles. The van der Waals surface area contributed by atoms with Crippen molar-refractivity contribution in [1.29, 1.82) is 0 Å². The van der Waals surface area contributed by atoms with E-state index >= 15 is 0 Å². The predicted octanol–water partition coefficient (Wildman–Crippen LogP) is 6.57. The number of para-hydroxylation sites is 2. The molecule has 0 saturated carbocycles. The molecule has 0 bridgehead atoms. The van der Waals surface area contributed by atoms with Gasteiger partial charge in [0.15, 0.2) is 5.71 Å². The van der Waals surface area contributed by atoms with Crippen molar-refractivity contribution in [3.8, 4) is 12.3 Å². The Bertz CT molecular complexity index is 1430. The van der Waals surface area contributed by atoms with E-state index in [0.717, 1.165) is 30.8 Å². The van der Waals surface area contributed by atoms with Gasteiger partial charge in [-0.2, -0.15) is 4.58 Å². The molecule has 4 heteroatoms. The van der Waals surface area contributed by atoms with Gasteiger partial charge < -0.3 is 10.2 Å². The van der Waals surface area contributed by atoms with E-state index in [1.54, 1.807) is 7.05 Å². The zero-order chi connectivity index (χ0) is 28.0. The summed E-state index contributed by atoms with van der Waals surface area (Å²) >= 11 is 0. The quantitative estimate of drug-likeness (QED) is 0.176. The van der Waals surface area contributed by atoms with Crippen molar-refractivity contribution in [2.75, 3.05) is 25.5 Å². The van der Waals surface area contributed by atoms with Crippen LogP contribution >= 0.6 is 0 Å². The molecule has 4 rings (SSSR count). The van der Waals surface area contributed by atoms with Crippen LogP contribution in [0.4, 0.5) is 11.4 Å². The van der Waals surface area contributed by atoms with Crippen molar-refractivity contribution in [2.45, 2.75) is 50.9 Å². The van der Waals surface area contributed by atoms with Gasteiger partial charge in [-0.25, -0.2) is 0 Å². The molecule has 0 spiro atoms. The number of carbonyl (C=O) groups is 1. The van der Waals surface area contributed by atoms with Gasteiger partial charge in [0.05, 0.1) is 5.41 Å². The first-order chi connectivity index (χ1) is 18.8. The molecule has 0 radical (unpaired) electrons. The number of fused-ring (bicyclic) bond motifs is 2. The summed E-state index contributed by atoms with van der Waals surface area (Å²) in [6.07, 6.45) is 22.3. The average Bonchev–Trinajstić information content (AvgIpc) is 3.27. The third-order valence-electron chi connectivity index (χ3n) is 8.03. The number of anilines is 1. The minimum absolute atomic E-state index is 0.0327. The summed E-state index contributed by atoms with van der Waals surface area (Å²) in [4.78, 5) is 14.6. The SMILES string of the molecule is C#CCCC[N+]1=C(/C=C/C=C/C=C/C=C2/N(C)c3ccccc3C2(C)CC(=O)NC)C(C)(C)c2ccccc21. The first-order valence-corrected chi connectivity index (χ1v) is 13.7. The number of amides is 1. The van der Waals surface area contributed by atoms with Crippen LogP contribution in [0.15, 0.2) is 96.8 Å². The Kier molecular flexibility index (Phi) is 8.41. The van der Waals surface area contributed by atoms with Crippen molar-refractivity contribution in [1.82, 2.24) is 5.32 Å². The lowest BCUT2D eigenvalue weighted by molar-refractivity contribution is -0.438. The second-order valence-electron chi connectivity index (χ2n) is 10.9. The van der Waals surface area contributed by atoms with Crippen molar-refractivity contribution in [2.24, 2.45) is 0 Å². The molecule has 1 unspecified atom stereocenters. The van der Waals surface area contributed by atoms with Crippen LogP contribution < -0.4 is 10.2 Å². The summed E-state index contributed by atoms with van der Waals surface area (Å²) < 4.78 is 2.41. The molecule has 2 aromatic carbocycles. The van der Waals surface area contributed by atoms with Crippen molar-refractivity contribution in [3.05, 3.63) is 108 Å². The number of carbonyl (C=O) groups excluding carboxylic acids is 1. The third kappa shape index (κ3) is 5.40. The summed E-state index contributed by atoms with van der Waals surface area (Å²) in [6.45, 7) is 7.63. The van der Waals surface area contributed by atoms with Crippen LogP contribution in [0.2, 0.25) is 0 Å². The number of likely N-dealkylation sites (N-methyl/N-ethyl adjacent to an activating group) is 1. The van der Waals surface area contributed by atoms with E-state index in [0.29, 0.717) is 6.42 Å². The molecule has 0 aliphatic carbocycles. The molecular weight excluding hydrogens is 478 g/mol. The van der Waals surface area contributed by atoms with E-state index in [2.05, 4.69) is 115 Å². The number of rotatable bonds is 9. The minimum atomic E-state index is -0.387. The second-order valence-corrected chi connectivity index (χ2v) is 10.9. The van der Waals surface area contributed by atoms with Crippen LogP contribution in [0.5, 0.6) is 0 Å². The molecule has 2 aliphatic rings. The summed E-state index contributed by atoms with van der Waals surface area (Å²) in [6, 6.07) is 17.0. The van der Waals surface area contributed by atoms with Gasteiger partial charge in [-0.05, 0) is 38.5 Å². The van der Waals surface area contributed by atoms with E-state index in [1.807, 2.05) is 24.3 Å². The number of benzene rings is 2. The molecule has 1 atom stereocenters. The van der Waals surface area contributed by atoms with Crippen LogP contribution in [0.3, 0.4) is 0 Å². The molecule has 0 fully saturated rings. The fraction of sp³-hybridized carbons (Fsp3) is 0.314. The van der Waals surface area contributed by atoms with Crippen LogP contribution in [-0.4, -0.2) is 36.8 Å². The Morgan fingerprint density at radius 2 is 1.67 bits per heavy atom. The van der Waals surface area contributed by atoms with Crippen LogP contribution in [0.25, 0.3) is 0 Å². The van der Waals surface area contributed by atoms with Gasteiger partial charge in [-0.15, -0.1) is 12.3 Å². The molecular formula is C35H40N3O+. The Labute approximate surface area is 234 Å². The van der Waals surface area contributed by atoms with Gasteiger partial charge >= 0.3 is 0 Å². The molecule has 4 nitrogen and oxygen atoms in total. The number of allylic oxidation sites excluding steroid dienone is 8. The van der Waals surface area contributed by atoms with Crippen molar-refractivity contribution < 1.29 is 9.37 Å². The van der Waals surface area contributed by atoms with Gasteiger partial charge in [0.25, 0.3) is 0 Å². The number of nitrogens with one attached hydrogen (secondary N) is 1. The average molecular weight is 519 g/mol. The van der Waals surface area contributed by atoms with Gasteiger partial charge in [-0.1, -0.05) is 66.8 Å². The van der Waals surface area contributed by atoms with Crippen molar-refractivity contribution >= 4 is 23.0 Å². The molecule has 1 N–H and O–H groups in total. The molecule has 1 amide bonds. The molecule has 0 saturated heterocycles. The fourth-order valence-corrected chi connectivity index (χ4v) is 5.97. The standard InChI is InChI=1S/C35H39N3O/c1-7-8-18-25-38-30-22-17-14-19-27(30)34(2,3)31(38)23-12-10-9-11-13-24-32-35(4,26-33(39)36-5)28-20-15-16-21-29(28)37(32)6/h1,9-17,19-24H,8,18,25-26H2,2-6H3/p+1. The van der Waals surface area contributed by atoms with Gasteiger partial charge in [0.1, 0.15) is 6.54 Å². The zero-order valence-corrected chi connectivity index (χ0v) is 23.9. The maximum absolute atomic E-state index is 12.4. The van der Waals surface area contributed by atoms with Crippen LogP contribution in [0.1, 0.15) is 51.2 Å². The van der Waals surface area contributed by atoms with Crippen LogP contribution in [-0.2, 0) is 15.6 Å². The number of terminal acetylenes is 1. The first-order valence-electron chi connectivity index (χ1n) is 13.7. The largest absolute Gasteiger partial charge is 0.359 e. The summed E-state index contributed by atoms with van der Waals surface area (Å²) in [5, 5.41) is 2.79. The Morgan fingerprint density at radius 3 is 2.41 bits per heavy atom. The number of nitrogens with zero attached hydrogens (tertiary/aromatic N) is 2. The highest BCUT2D eigenvalue weighted by molar-refractivity contribution is 6.03. The minimum Gasteiger partial charge on any atom is -0.359 e. The Hall–Kier alpha value is -4.10. The zero-order valence-electron chi connectivity index (χ0n) is 23.9. The maximum Gasteiger partial charge on any atom is 0.221 e. The Morgan fingerprint density at radius 1 is 1.00 bits per heavy atom. The first kappa shape index (κ1) is 27.9. The molecule has 2 aliphatic heterocycles. The topological polar surface area (TPSA) is 35.4 Å². The number of hydrogen-bond acceptors (Lipinski definition) is 2. The molecule has 2 heterocycles. The van der Waals surface area contributed by atoms with Crippen LogP contribution in [0, 0.1) is 12.3 Å². The third-order valence-corrected chi connectivity index (χ3v) is 8.03. The lowest BCUT2D eigenvalue weighted by Gasteiger charge is -2.27. The van der Waals surface area contributed by atoms with Gasteiger partial charge in [-0.3, -0.25) is 4.79 Å². The molecule has 200 valence electrons. The van der Waals surface area contributed by atoms with E-state index in [-0.39, 0.29) is 16.7 Å². The summed E-state index contributed by atoms with van der Waals surface area (Å²) in [5.41, 5.74) is 6.88. The number of unbranched alkanes of at least 4 members (excludes halogenated alkanes) is 1.